The predicted molar refractivity (Wildman–Crippen MR) is 126 cm³/mol. The second-order valence-electron chi connectivity index (χ2n) is 7.43. The summed E-state index contributed by atoms with van der Waals surface area (Å²) in [6, 6.07) is 12.6. The number of ether oxygens (including phenoxy) is 2. The van der Waals surface area contributed by atoms with Crippen LogP contribution in [0.4, 0.5) is 10.5 Å². The van der Waals surface area contributed by atoms with Crippen molar-refractivity contribution in [3.63, 3.8) is 0 Å². The molecule has 2 aromatic carbocycles. The first-order chi connectivity index (χ1) is 15.3. The molecule has 0 spiro atoms. The second-order valence-corrected chi connectivity index (χ2v) is 8.43. The predicted octanol–water partition coefficient (Wildman–Crippen LogP) is 4.86. The van der Waals surface area contributed by atoms with Crippen LogP contribution in [0.15, 0.2) is 47.4 Å². The average molecular weight is 455 g/mol. The maximum atomic E-state index is 12.7. The van der Waals surface area contributed by atoms with Gasteiger partial charge in [0, 0.05) is 5.69 Å². The smallest absolute Gasteiger partial charge is 0.294 e. The van der Waals surface area contributed by atoms with Gasteiger partial charge < -0.3 is 14.8 Å². The molecule has 1 aliphatic rings. The number of amides is 3. The zero-order chi connectivity index (χ0) is 23.3. The molecule has 32 heavy (non-hydrogen) atoms. The summed E-state index contributed by atoms with van der Waals surface area (Å²) in [5, 5.41) is 2.23. The van der Waals surface area contributed by atoms with Crippen LogP contribution in [0.2, 0.25) is 0 Å². The standard InChI is InChI=1S/C24H26N2O5S/c1-5-16(3)31-19-10-9-17(12-20(19)30-4)13-21-23(28)26(24(29)32-21)14-22(27)25-18-8-6-7-15(2)11-18/h6-13,16H,5,14H2,1-4H3,(H,25,27)/b21-13-/t16-/m1/s1. The summed E-state index contributed by atoms with van der Waals surface area (Å²) >= 11 is 0.806. The summed E-state index contributed by atoms with van der Waals surface area (Å²) in [5.41, 5.74) is 2.30. The van der Waals surface area contributed by atoms with Gasteiger partial charge in [-0.3, -0.25) is 19.3 Å². The summed E-state index contributed by atoms with van der Waals surface area (Å²) in [6.07, 6.45) is 2.51. The van der Waals surface area contributed by atoms with Gasteiger partial charge in [-0.1, -0.05) is 25.1 Å². The largest absolute Gasteiger partial charge is 0.493 e. The van der Waals surface area contributed by atoms with E-state index in [0.717, 1.165) is 28.6 Å². The number of methoxy groups -OCH3 is 1. The van der Waals surface area contributed by atoms with E-state index in [1.54, 1.807) is 37.5 Å². The van der Waals surface area contributed by atoms with Crippen molar-refractivity contribution < 1.29 is 23.9 Å². The quantitative estimate of drug-likeness (QED) is 0.574. The van der Waals surface area contributed by atoms with Crippen molar-refractivity contribution >= 4 is 40.6 Å². The molecule has 1 aliphatic heterocycles. The Morgan fingerprint density at radius 1 is 1.19 bits per heavy atom. The Morgan fingerprint density at radius 3 is 2.66 bits per heavy atom. The van der Waals surface area contributed by atoms with E-state index in [9.17, 15) is 14.4 Å². The van der Waals surface area contributed by atoms with Crippen LogP contribution < -0.4 is 14.8 Å². The van der Waals surface area contributed by atoms with Crippen LogP contribution in [-0.4, -0.2) is 41.7 Å². The van der Waals surface area contributed by atoms with Gasteiger partial charge in [0.2, 0.25) is 5.91 Å². The van der Waals surface area contributed by atoms with Crippen LogP contribution in [0.1, 0.15) is 31.4 Å². The molecule has 1 saturated heterocycles. The first kappa shape index (κ1) is 23.4. The van der Waals surface area contributed by atoms with Crippen LogP contribution >= 0.6 is 11.8 Å². The Balaban J connectivity index is 1.71. The van der Waals surface area contributed by atoms with Crippen molar-refractivity contribution in [2.45, 2.75) is 33.3 Å². The minimum atomic E-state index is -0.502. The summed E-state index contributed by atoms with van der Waals surface area (Å²) in [4.78, 5) is 38.7. The van der Waals surface area contributed by atoms with Gasteiger partial charge in [-0.15, -0.1) is 0 Å². The molecule has 8 heteroatoms. The molecule has 2 aromatic rings. The first-order valence-corrected chi connectivity index (χ1v) is 11.1. The number of hydrogen-bond acceptors (Lipinski definition) is 6. The van der Waals surface area contributed by atoms with Gasteiger partial charge in [-0.05, 0) is 73.5 Å². The number of imide groups is 1. The third-order valence-electron chi connectivity index (χ3n) is 4.87. The fourth-order valence-corrected chi connectivity index (χ4v) is 3.86. The molecule has 7 nitrogen and oxygen atoms in total. The number of carbonyl (C=O) groups is 3. The van der Waals surface area contributed by atoms with Crippen molar-refractivity contribution in [1.82, 2.24) is 4.90 Å². The Bertz CT molecular complexity index is 1070. The average Bonchev–Trinajstić information content (AvgIpc) is 3.01. The Hall–Kier alpha value is -3.26. The van der Waals surface area contributed by atoms with Gasteiger partial charge in [0.25, 0.3) is 11.1 Å². The van der Waals surface area contributed by atoms with Crippen LogP contribution in [-0.2, 0) is 9.59 Å². The van der Waals surface area contributed by atoms with Gasteiger partial charge >= 0.3 is 0 Å². The molecule has 1 atom stereocenters. The zero-order valence-electron chi connectivity index (χ0n) is 18.5. The fraction of sp³-hybridized carbons (Fsp3) is 0.292. The molecule has 0 radical (unpaired) electrons. The maximum Gasteiger partial charge on any atom is 0.294 e. The first-order valence-electron chi connectivity index (χ1n) is 10.3. The van der Waals surface area contributed by atoms with E-state index in [-0.39, 0.29) is 17.6 Å². The van der Waals surface area contributed by atoms with Crippen molar-refractivity contribution in [2.75, 3.05) is 19.0 Å². The van der Waals surface area contributed by atoms with Gasteiger partial charge in [-0.2, -0.15) is 0 Å². The highest BCUT2D eigenvalue weighted by Gasteiger charge is 2.36. The van der Waals surface area contributed by atoms with Crippen LogP contribution in [0, 0.1) is 6.92 Å². The molecule has 1 N–H and O–H groups in total. The summed E-state index contributed by atoms with van der Waals surface area (Å²) in [5.74, 6) is 0.210. The van der Waals surface area contributed by atoms with E-state index < -0.39 is 17.1 Å². The van der Waals surface area contributed by atoms with E-state index in [0.29, 0.717) is 22.7 Å². The zero-order valence-corrected chi connectivity index (χ0v) is 19.3. The topological polar surface area (TPSA) is 84.9 Å². The molecular weight excluding hydrogens is 428 g/mol. The second kappa shape index (κ2) is 10.4. The highest BCUT2D eigenvalue weighted by atomic mass is 32.2. The van der Waals surface area contributed by atoms with Crippen molar-refractivity contribution in [1.29, 1.82) is 0 Å². The number of nitrogens with zero attached hydrogens (tertiary/aromatic N) is 1. The highest BCUT2D eigenvalue weighted by molar-refractivity contribution is 8.18. The number of rotatable bonds is 8. The Labute approximate surface area is 191 Å². The highest BCUT2D eigenvalue weighted by Crippen LogP contribution is 2.35. The molecule has 1 heterocycles. The number of aryl methyl sites for hydroxylation is 1. The van der Waals surface area contributed by atoms with Crippen molar-refractivity contribution in [3.8, 4) is 11.5 Å². The molecule has 0 aliphatic carbocycles. The molecule has 0 saturated carbocycles. The molecule has 0 aromatic heterocycles. The van der Waals surface area contributed by atoms with Crippen molar-refractivity contribution in [3.05, 3.63) is 58.5 Å². The minimum absolute atomic E-state index is 0.0391. The monoisotopic (exact) mass is 454 g/mol. The molecule has 3 rings (SSSR count). The van der Waals surface area contributed by atoms with Crippen LogP contribution in [0.3, 0.4) is 0 Å². The number of benzene rings is 2. The lowest BCUT2D eigenvalue weighted by atomic mass is 10.1. The molecule has 0 unspecified atom stereocenters. The fourth-order valence-electron chi connectivity index (χ4n) is 3.03. The molecule has 3 amide bonds. The summed E-state index contributed by atoms with van der Waals surface area (Å²) in [6.45, 7) is 5.57. The number of anilines is 1. The SMILES string of the molecule is CC[C@@H](C)Oc1ccc(/C=C2\SC(=O)N(CC(=O)Nc3cccc(C)c3)C2=O)cc1OC. The molecule has 168 valence electrons. The number of nitrogens with one attached hydrogen (secondary N) is 1. The maximum absolute atomic E-state index is 12.7. The third kappa shape index (κ3) is 5.70. The lowest BCUT2D eigenvalue weighted by molar-refractivity contribution is -0.127. The number of thioether (sulfide) groups is 1. The van der Waals surface area contributed by atoms with E-state index in [1.165, 1.54) is 0 Å². The molecule has 1 fully saturated rings. The van der Waals surface area contributed by atoms with Gasteiger partial charge in [-0.25, -0.2) is 0 Å². The summed E-state index contributed by atoms with van der Waals surface area (Å²) in [7, 11) is 1.54. The molecule has 0 bridgehead atoms. The third-order valence-corrected chi connectivity index (χ3v) is 5.77. The Kier molecular flexibility index (Phi) is 7.58. The van der Waals surface area contributed by atoms with E-state index in [1.807, 2.05) is 39.0 Å². The molecular formula is C24H26N2O5S. The van der Waals surface area contributed by atoms with Crippen LogP contribution in [0.25, 0.3) is 6.08 Å². The van der Waals surface area contributed by atoms with E-state index in [2.05, 4.69) is 5.32 Å². The van der Waals surface area contributed by atoms with Gasteiger partial charge in [0.05, 0.1) is 18.1 Å². The van der Waals surface area contributed by atoms with Gasteiger partial charge in [0.15, 0.2) is 11.5 Å². The minimum Gasteiger partial charge on any atom is -0.493 e. The lowest BCUT2D eigenvalue weighted by Gasteiger charge is -2.15. The number of hydrogen-bond donors (Lipinski definition) is 1. The number of carbonyl (C=O) groups excluding carboxylic acids is 3. The van der Waals surface area contributed by atoms with E-state index >= 15 is 0 Å². The van der Waals surface area contributed by atoms with Crippen molar-refractivity contribution in [2.24, 2.45) is 0 Å². The Morgan fingerprint density at radius 2 is 1.97 bits per heavy atom. The van der Waals surface area contributed by atoms with Gasteiger partial charge in [0.1, 0.15) is 6.54 Å². The van der Waals surface area contributed by atoms with E-state index in [4.69, 9.17) is 9.47 Å². The lowest BCUT2D eigenvalue weighted by Crippen LogP contribution is -2.36. The normalized spacial score (nSPS) is 15.8. The van der Waals surface area contributed by atoms with Crippen LogP contribution in [0.5, 0.6) is 11.5 Å². The summed E-state index contributed by atoms with van der Waals surface area (Å²) < 4.78 is 11.2.